The molecule has 0 saturated carbocycles. The number of carbonyl (C=O) groups is 3. The molecule has 0 aliphatic carbocycles. The number of hydrogen-bond donors (Lipinski definition) is 0. The quantitative estimate of drug-likeness (QED) is 0.798. The van der Waals surface area contributed by atoms with Gasteiger partial charge in [0.15, 0.2) is 5.41 Å². The van der Waals surface area contributed by atoms with Crippen molar-refractivity contribution in [1.82, 2.24) is 9.80 Å². The molecule has 2 aromatic carbocycles. The number of likely N-dealkylation sites (N-methyl/N-ethyl adjacent to an activating group) is 2. The van der Waals surface area contributed by atoms with E-state index in [0.717, 1.165) is 9.80 Å². The number of hydrogen-bond acceptors (Lipinski definition) is 3. The summed E-state index contributed by atoms with van der Waals surface area (Å²) in [5.41, 5.74) is -0.445. The molecule has 0 N–H and O–H groups in total. The van der Waals surface area contributed by atoms with Crippen LogP contribution in [-0.4, -0.2) is 41.7 Å². The molecule has 1 fully saturated rings. The molecular weight excluding hydrogens is 292 g/mol. The Hall–Kier alpha value is -2.95. The molecule has 5 heteroatoms. The molecule has 1 aliphatic heterocycles. The normalized spacial score (nSPS) is 17.6. The minimum Gasteiger partial charge on any atom is -0.272 e. The Bertz CT molecular complexity index is 706. The zero-order valence-electron chi connectivity index (χ0n) is 12.9. The Morgan fingerprint density at radius 2 is 1.00 bits per heavy atom. The van der Waals surface area contributed by atoms with Gasteiger partial charge < -0.3 is 0 Å². The molecule has 0 aromatic heterocycles. The fourth-order valence-corrected chi connectivity index (χ4v) is 3.03. The molecule has 0 bridgehead atoms. The Kier molecular flexibility index (Phi) is 3.48. The molecule has 3 rings (SSSR count). The number of urea groups is 1. The zero-order valence-corrected chi connectivity index (χ0v) is 12.9. The maximum Gasteiger partial charge on any atom is 0.332 e. The Morgan fingerprint density at radius 1 is 0.652 bits per heavy atom. The van der Waals surface area contributed by atoms with Crippen molar-refractivity contribution >= 4 is 17.8 Å². The molecule has 0 radical (unpaired) electrons. The number of barbiturate groups is 1. The molecular formula is C18H16N2O3. The van der Waals surface area contributed by atoms with E-state index in [9.17, 15) is 14.4 Å². The number of carbonyl (C=O) groups excluding carboxylic acids is 3. The van der Waals surface area contributed by atoms with Gasteiger partial charge in [0, 0.05) is 14.1 Å². The summed E-state index contributed by atoms with van der Waals surface area (Å²) < 4.78 is 0. The van der Waals surface area contributed by atoms with Crippen LogP contribution in [0.3, 0.4) is 0 Å². The summed E-state index contributed by atoms with van der Waals surface area (Å²) in [6.45, 7) is 0. The van der Waals surface area contributed by atoms with Crippen LogP contribution in [0.15, 0.2) is 60.7 Å². The van der Waals surface area contributed by atoms with Gasteiger partial charge in [0.25, 0.3) is 11.8 Å². The van der Waals surface area contributed by atoms with E-state index in [1.165, 1.54) is 14.1 Å². The van der Waals surface area contributed by atoms with E-state index in [4.69, 9.17) is 0 Å². The first-order valence-electron chi connectivity index (χ1n) is 7.22. The summed E-state index contributed by atoms with van der Waals surface area (Å²) in [5, 5.41) is 0. The van der Waals surface area contributed by atoms with Crippen molar-refractivity contribution in [3.63, 3.8) is 0 Å². The van der Waals surface area contributed by atoms with Crippen molar-refractivity contribution < 1.29 is 14.4 Å². The largest absolute Gasteiger partial charge is 0.332 e. The number of rotatable bonds is 2. The maximum atomic E-state index is 13.1. The van der Waals surface area contributed by atoms with Crippen LogP contribution < -0.4 is 0 Å². The van der Waals surface area contributed by atoms with Gasteiger partial charge >= 0.3 is 6.03 Å². The molecule has 0 atom stereocenters. The van der Waals surface area contributed by atoms with E-state index in [1.54, 1.807) is 48.5 Å². The van der Waals surface area contributed by atoms with Crippen molar-refractivity contribution in [1.29, 1.82) is 0 Å². The van der Waals surface area contributed by atoms with E-state index >= 15 is 0 Å². The van der Waals surface area contributed by atoms with Crippen molar-refractivity contribution in [2.24, 2.45) is 0 Å². The molecule has 5 nitrogen and oxygen atoms in total. The monoisotopic (exact) mass is 308 g/mol. The van der Waals surface area contributed by atoms with Crippen LogP contribution >= 0.6 is 0 Å². The first-order chi connectivity index (χ1) is 11.0. The highest BCUT2D eigenvalue weighted by Crippen LogP contribution is 2.38. The van der Waals surface area contributed by atoms with Crippen LogP contribution in [0.5, 0.6) is 0 Å². The Balaban J connectivity index is 2.35. The highest BCUT2D eigenvalue weighted by molar-refractivity contribution is 6.24. The fraction of sp³-hybridized carbons (Fsp3) is 0.167. The molecule has 4 amide bonds. The van der Waals surface area contributed by atoms with Gasteiger partial charge in [-0.15, -0.1) is 0 Å². The van der Waals surface area contributed by atoms with Gasteiger partial charge in [0.1, 0.15) is 0 Å². The van der Waals surface area contributed by atoms with Crippen LogP contribution in [0.2, 0.25) is 0 Å². The topological polar surface area (TPSA) is 57.7 Å². The Labute approximate surface area is 134 Å². The minimum atomic E-state index is -1.54. The zero-order chi connectivity index (χ0) is 16.6. The fourth-order valence-electron chi connectivity index (χ4n) is 3.03. The highest BCUT2D eigenvalue weighted by atomic mass is 16.2. The van der Waals surface area contributed by atoms with E-state index in [2.05, 4.69) is 0 Å². The van der Waals surface area contributed by atoms with Gasteiger partial charge in [-0.3, -0.25) is 19.4 Å². The number of nitrogens with zero attached hydrogens (tertiary/aromatic N) is 2. The lowest BCUT2D eigenvalue weighted by atomic mass is 9.71. The second kappa shape index (κ2) is 5.35. The van der Waals surface area contributed by atoms with E-state index < -0.39 is 23.3 Å². The van der Waals surface area contributed by atoms with E-state index in [0.29, 0.717) is 11.1 Å². The van der Waals surface area contributed by atoms with E-state index in [1.807, 2.05) is 12.1 Å². The van der Waals surface area contributed by atoms with Crippen LogP contribution in [-0.2, 0) is 15.0 Å². The van der Waals surface area contributed by atoms with Gasteiger partial charge in [0.05, 0.1) is 0 Å². The molecule has 1 saturated heterocycles. The second-order valence-corrected chi connectivity index (χ2v) is 5.49. The molecule has 116 valence electrons. The predicted octanol–water partition coefficient (Wildman–Crippen LogP) is 2.02. The summed E-state index contributed by atoms with van der Waals surface area (Å²) in [5.74, 6) is -1.08. The van der Waals surface area contributed by atoms with Crippen molar-refractivity contribution in [2.45, 2.75) is 5.41 Å². The third-order valence-corrected chi connectivity index (χ3v) is 4.24. The number of amides is 4. The highest BCUT2D eigenvalue weighted by Gasteiger charge is 2.57. The molecule has 1 heterocycles. The summed E-state index contributed by atoms with van der Waals surface area (Å²) >= 11 is 0. The van der Waals surface area contributed by atoms with Gasteiger partial charge in [-0.1, -0.05) is 60.7 Å². The van der Waals surface area contributed by atoms with Gasteiger partial charge in [-0.2, -0.15) is 0 Å². The van der Waals surface area contributed by atoms with Crippen LogP contribution in [0, 0.1) is 0 Å². The standard InChI is InChI=1S/C18H16N2O3/c1-19-15(21)18(13-9-5-3-6-10-13,14-11-7-4-8-12-14)16(22)20(2)17(19)23/h3-12H,1-2H3. The summed E-state index contributed by atoms with van der Waals surface area (Å²) in [6, 6.07) is 17.1. The van der Waals surface area contributed by atoms with Gasteiger partial charge in [-0.05, 0) is 11.1 Å². The lowest BCUT2D eigenvalue weighted by Crippen LogP contribution is -2.65. The van der Waals surface area contributed by atoms with Crippen molar-refractivity contribution in [3.8, 4) is 0 Å². The molecule has 23 heavy (non-hydrogen) atoms. The lowest BCUT2D eigenvalue weighted by Gasteiger charge is -2.42. The third-order valence-electron chi connectivity index (χ3n) is 4.24. The first kappa shape index (κ1) is 15.0. The minimum absolute atomic E-state index is 0.539. The van der Waals surface area contributed by atoms with Crippen LogP contribution in [0.4, 0.5) is 4.79 Å². The maximum absolute atomic E-state index is 13.1. The summed E-state index contributed by atoms with van der Waals surface area (Å²) in [6.07, 6.45) is 0. The van der Waals surface area contributed by atoms with Crippen molar-refractivity contribution in [3.05, 3.63) is 71.8 Å². The number of imide groups is 2. The third kappa shape index (κ3) is 1.97. The summed E-state index contributed by atoms with van der Waals surface area (Å²) in [7, 11) is 2.79. The molecule has 1 aliphatic rings. The lowest BCUT2D eigenvalue weighted by molar-refractivity contribution is -0.148. The molecule has 2 aromatic rings. The second-order valence-electron chi connectivity index (χ2n) is 5.49. The van der Waals surface area contributed by atoms with Gasteiger partial charge in [-0.25, -0.2) is 4.79 Å². The van der Waals surface area contributed by atoms with Crippen LogP contribution in [0.1, 0.15) is 11.1 Å². The average molecular weight is 308 g/mol. The van der Waals surface area contributed by atoms with Crippen LogP contribution in [0.25, 0.3) is 0 Å². The molecule has 0 spiro atoms. The van der Waals surface area contributed by atoms with Crippen molar-refractivity contribution in [2.75, 3.05) is 14.1 Å². The molecule has 0 unspecified atom stereocenters. The SMILES string of the molecule is CN1C(=O)N(C)C(=O)C(c2ccccc2)(c2ccccc2)C1=O. The Morgan fingerprint density at radius 3 is 1.35 bits per heavy atom. The summed E-state index contributed by atoms with van der Waals surface area (Å²) in [4.78, 5) is 40.3. The van der Waals surface area contributed by atoms with Gasteiger partial charge in [0.2, 0.25) is 0 Å². The van der Waals surface area contributed by atoms with E-state index in [-0.39, 0.29) is 0 Å². The predicted molar refractivity (Wildman–Crippen MR) is 84.6 cm³/mol. The smallest absolute Gasteiger partial charge is 0.272 e. The first-order valence-corrected chi connectivity index (χ1v) is 7.22. The average Bonchev–Trinajstić information content (AvgIpc) is 2.61. The number of benzene rings is 2.